The van der Waals surface area contributed by atoms with Gasteiger partial charge in [0.05, 0.1) is 5.60 Å². The maximum Gasteiger partial charge on any atom is 0.135 e. The Morgan fingerprint density at radius 2 is 1.50 bits per heavy atom. The van der Waals surface area contributed by atoms with Crippen LogP contribution in [-0.4, -0.2) is 37.8 Å². The van der Waals surface area contributed by atoms with Crippen molar-refractivity contribution in [3.8, 4) is 0 Å². The van der Waals surface area contributed by atoms with E-state index < -0.39 is 36.4 Å². The minimum absolute atomic E-state index is 0.149. The van der Waals surface area contributed by atoms with Gasteiger partial charge in [-0.15, -0.1) is 0 Å². The molecule has 0 aromatic rings. The van der Waals surface area contributed by atoms with Gasteiger partial charge in [0.1, 0.15) is 11.8 Å². The van der Waals surface area contributed by atoms with Crippen molar-refractivity contribution in [2.24, 2.45) is 16.2 Å². The summed E-state index contributed by atoms with van der Waals surface area (Å²) in [5.74, 6) is 0. The first-order valence-electron chi connectivity index (χ1n) is 8.15. The van der Waals surface area contributed by atoms with E-state index in [4.69, 9.17) is 9.26 Å². The molecule has 1 rings (SSSR count). The standard InChI is InChI=1S/C18H36FO2P/c1-14(2)12-17(7,16(5,6)20-9)18(8,21-22(10)11)13(19)15(14,3)4/h13H,12H2,1-11H3/t13-,17+,18-/m0/s1. The van der Waals surface area contributed by atoms with E-state index >= 15 is 4.39 Å². The van der Waals surface area contributed by atoms with E-state index in [2.05, 4.69) is 34.6 Å². The van der Waals surface area contributed by atoms with Crippen molar-refractivity contribution in [2.75, 3.05) is 20.4 Å². The van der Waals surface area contributed by atoms with Crippen LogP contribution in [0, 0.1) is 16.2 Å². The third-order valence-corrected chi connectivity index (χ3v) is 7.71. The second kappa shape index (κ2) is 5.67. The summed E-state index contributed by atoms with van der Waals surface area (Å²) in [6.45, 7) is 20.7. The van der Waals surface area contributed by atoms with Crippen LogP contribution >= 0.6 is 8.15 Å². The summed E-state index contributed by atoms with van der Waals surface area (Å²) in [6, 6.07) is 0. The van der Waals surface area contributed by atoms with E-state index in [0.29, 0.717) is 0 Å². The summed E-state index contributed by atoms with van der Waals surface area (Å²) in [5, 5.41) is 0. The number of alkyl halides is 1. The Bertz CT molecular complexity index is 419. The Morgan fingerprint density at radius 3 is 1.86 bits per heavy atom. The molecule has 22 heavy (non-hydrogen) atoms. The molecule has 2 nitrogen and oxygen atoms in total. The number of halogens is 1. The summed E-state index contributed by atoms with van der Waals surface area (Å²) < 4.78 is 28.0. The Labute approximate surface area is 138 Å². The Morgan fingerprint density at radius 1 is 1.05 bits per heavy atom. The SMILES string of the molecule is COC(C)(C)[C@@]1(C)CC(C)(C)C(C)(C)[C@H](F)[C@]1(C)OP(C)C. The predicted molar refractivity (Wildman–Crippen MR) is 94.5 cm³/mol. The molecule has 1 saturated carbocycles. The van der Waals surface area contributed by atoms with Gasteiger partial charge in [0.25, 0.3) is 0 Å². The van der Waals surface area contributed by atoms with E-state index in [0.717, 1.165) is 6.42 Å². The van der Waals surface area contributed by atoms with Crippen LogP contribution < -0.4 is 0 Å². The third kappa shape index (κ3) is 2.66. The molecule has 0 spiro atoms. The zero-order valence-electron chi connectivity index (χ0n) is 16.4. The molecule has 1 aliphatic carbocycles. The summed E-state index contributed by atoms with van der Waals surface area (Å²) in [5.41, 5.74) is -2.40. The van der Waals surface area contributed by atoms with Gasteiger partial charge in [0, 0.05) is 26.1 Å². The topological polar surface area (TPSA) is 18.5 Å². The first kappa shape index (κ1) is 20.3. The Balaban J connectivity index is 3.58. The van der Waals surface area contributed by atoms with Gasteiger partial charge in [0.15, 0.2) is 0 Å². The first-order valence-corrected chi connectivity index (χ1v) is 10.3. The molecule has 1 aliphatic rings. The molecule has 0 heterocycles. The van der Waals surface area contributed by atoms with Gasteiger partial charge in [0.2, 0.25) is 0 Å². The average Bonchev–Trinajstić information content (AvgIpc) is 2.34. The minimum atomic E-state index is -1.06. The zero-order valence-corrected chi connectivity index (χ0v) is 17.3. The highest BCUT2D eigenvalue weighted by molar-refractivity contribution is 7.50. The lowest BCUT2D eigenvalue weighted by molar-refractivity contribution is -0.264. The van der Waals surface area contributed by atoms with E-state index in [1.165, 1.54) is 0 Å². The largest absolute Gasteiger partial charge is 0.378 e. The van der Waals surface area contributed by atoms with Gasteiger partial charge in [-0.3, -0.25) is 0 Å². The zero-order chi connectivity index (χ0) is 17.8. The maximum atomic E-state index is 15.9. The highest BCUT2D eigenvalue weighted by Gasteiger charge is 2.70. The van der Waals surface area contributed by atoms with Gasteiger partial charge in [-0.25, -0.2) is 4.39 Å². The van der Waals surface area contributed by atoms with Crippen molar-refractivity contribution in [2.45, 2.75) is 79.2 Å². The molecule has 1 fully saturated rings. The third-order valence-electron chi connectivity index (χ3n) is 6.96. The first-order chi connectivity index (χ1) is 9.59. The molecular weight excluding hydrogens is 298 g/mol. The van der Waals surface area contributed by atoms with E-state index in [1.807, 2.05) is 34.1 Å². The van der Waals surface area contributed by atoms with Crippen molar-refractivity contribution in [1.82, 2.24) is 0 Å². The molecule has 0 aromatic heterocycles. The molecule has 0 N–H and O–H groups in total. The van der Waals surface area contributed by atoms with Crippen LogP contribution in [0.25, 0.3) is 0 Å². The van der Waals surface area contributed by atoms with Crippen molar-refractivity contribution in [3.05, 3.63) is 0 Å². The number of hydrogen-bond donors (Lipinski definition) is 0. The predicted octanol–water partition coefficient (Wildman–Crippen LogP) is 5.64. The number of ether oxygens (including phenoxy) is 1. The van der Waals surface area contributed by atoms with Crippen LogP contribution in [0.4, 0.5) is 4.39 Å². The fraction of sp³-hybridized carbons (Fsp3) is 1.00. The van der Waals surface area contributed by atoms with Crippen LogP contribution in [0.5, 0.6) is 0 Å². The lowest BCUT2D eigenvalue weighted by Crippen LogP contribution is -2.71. The lowest BCUT2D eigenvalue weighted by atomic mass is 9.44. The van der Waals surface area contributed by atoms with Gasteiger partial charge in [-0.1, -0.05) is 34.6 Å². The Kier molecular flexibility index (Phi) is 5.24. The molecule has 0 unspecified atom stereocenters. The normalized spacial score (nSPS) is 38.3. The average molecular weight is 334 g/mol. The van der Waals surface area contributed by atoms with Crippen LogP contribution in [0.1, 0.15) is 61.8 Å². The Hall–Kier alpha value is 0.280. The van der Waals surface area contributed by atoms with Gasteiger partial charge >= 0.3 is 0 Å². The molecule has 0 aliphatic heterocycles. The van der Waals surface area contributed by atoms with Gasteiger partial charge in [-0.2, -0.15) is 0 Å². The second-order valence-electron chi connectivity index (χ2n) is 9.20. The van der Waals surface area contributed by atoms with Crippen LogP contribution in [0.2, 0.25) is 0 Å². The van der Waals surface area contributed by atoms with Crippen LogP contribution in [0.15, 0.2) is 0 Å². The maximum absolute atomic E-state index is 15.9. The van der Waals surface area contributed by atoms with E-state index in [-0.39, 0.29) is 5.41 Å². The molecule has 132 valence electrons. The number of hydrogen-bond acceptors (Lipinski definition) is 2. The van der Waals surface area contributed by atoms with Crippen molar-refractivity contribution in [3.63, 3.8) is 0 Å². The minimum Gasteiger partial charge on any atom is -0.378 e. The van der Waals surface area contributed by atoms with Crippen molar-refractivity contribution < 1.29 is 13.7 Å². The van der Waals surface area contributed by atoms with Crippen molar-refractivity contribution in [1.29, 1.82) is 0 Å². The molecule has 0 aromatic carbocycles. The van der Waals surface area contributed by atoms with E-state index in [9.17, 15) is 0 Å². The summed E-state index contributed by atoms with van der Waals surface area (Å²) in [6.07, 6.45) is -0.207. The highest BCUT2D eigenvalue weighted by atomic mass is 31.1. The highest BCUT2D eigenvalue weighted by Crippen LogP contribution is 2.67. The molecule has 3 atom stereocenters. The molecular formula is C18H36FO2P. The second-order valence-corrected chi connectivity index (χ2v) is 11.0. The van der Waals surface area contributed by atoms with Gasteiger partial charge in [-0.05, 0) is 45.9 Å². The van der Waals surface area contributed by atoms with Gasteiger partial charge < -0.3 is 9.26 Å². The quantitative estimate of drug-likeness (QED) is 0.619. The molecule has 4 heteroatoms. The fourth-order valence-corrected chi connectivity index (χ4v) is 5.21. The number of methoxy groups -OCH3 is 1. The van der Waals surface area contributed by atoms with Crippen LogP contribution in [-0.2, 0) is 9.26 Å². The summed E-state index contributed by atoms with van der Waals surface area (Å²) in [7, 11) is 1.04. The van der Waals surface area contributed by atoms with Crippen molar-refractivity contribution >= 4 is 8.15 Å². The summed E-state index contributed by atoms with van der Waals surface area (Å²) in [4.78, 5) is 0. The number of rotatable bonds is 4. The van der Waals surface area contributed by atoms with E-state index in [1.54, 1.807) is 7.11 Å². The summed E-state index contributed by atoms with van der Waals surface area (Å²) >= 11 is 0. The smallest absolute Gasteiger partial charge is 0.135 e. The molecule has 0 bridgehead atoms. The lowest BCUT2D eigenvalue weighted by Gasteiger charge is -2.66. The molecule has 0 amide bonds. The van der Waals surface area contributed by atoms with Crippen LogP contribution in [0.3, 0.4) is 0 Å². The monoisotopic (exact) mass is 334 g/mol. The fourth-order valence-electron chi connectivity index (χ4n) is 4.16. The molecule has 0 radical (unpaired) electrons. The molecule has 0 saturated heterocycles.